The Balaban J connectivity index is 1.39. The van der Waals surface area contributed by atoms with E-state index in [4.69, 9.17) is 4.42 Å². The molecule has 0 aliphatic carbocycles. The Morgan fingerprint density at radius 3 is 2.82 bits per heavy atom. The van der Waals surface area contributed by atoms with Gasteiger partial charge in [0.05, 0.1) is 24.1 Å². The average Bonchev–Trinajstić information content (AvgIpc) is 3.40. The molecule has 3 aromatic rings. The van der Waals surface area contributed by atoms with Gasteiger partial charge in [-0.2, -0.15) is 0 Å². The van der Waals surface area contributed by atoms with Crippen LogP contribution in [0.1, 0.15) is 29.2 Å². The van der Waals surface area contributed by atoms with Crippen LogP contribution in [0.3, 0.4) is 0 Å². The maximum absolute atomic E-state index is 12.7. The zero-order chi connectivity index (χ0) is 19.5. The highest BCUT2D eigenvalue weighted by Crippen LogP contribution is 2.21. The van der Waals surface area contributed by atoms with Crippen LogP contribution in [-0.2, 0) is 4.79 Å². The SMILES string of the molecule is Cc1nccn1-c1ccc(NC(=O)[C@@H]2CCCN(C(=O)c3ccco3)C2)cn1. The van der Waals surface area contributed by atoms with Gasteiger partial charge in [-0.1, -0.05) is 0 Å². The van der Waals surface area contributed by atoms with Gasteiger partial charge in [-0.15, -0.1) is 0 Å². The number of carbonyl (C=O) groups is 2. The molecule has 4 heterocycles. The fourth-order valence-corrected chi connectivity index (χ4v) is 3.40. The monoisotopic (exact) mass is 379 g/mol. The topological polar surface area (TPSA) is 93.3 Å². The zero-order valence-corrected chi connectivity index (χ0v) is 15.5. The van der Waals surface area contributed by atoms with Crippen LogP contribution in [0.25, 0.3) is 5.82 Å². The smallest absolute Gasteiger partial charge is 0.289 e. The second kappa shape index (κ2) is 7.67. The van der Waals surface area contributed by atoms with Crippen molar-refractivity contribution in [3.8, 4) is 5.82 Å². The highest BCUT2D eigenvalue weighted by atomic mass is 16.3. The Labute approximate surface area is 162 Å². The molecule has 1 saturated heterocycles. The van der Waals surface area contributed by atoms with E-state index in [-0.39, 0.29) is 17.7 Å². The summed E-state index contributed by atoms with van der Waals surface area (Å²) in [5, 5.41) is 2.91. The number of nitrogens with zero attached hydrogens (tertiary/aromatic N) is 4. The molecule has 0 radical (unpaired) electrons. The van der Waals surface area contributed by atoms with Crippen LogP contribution < -0.4 is 5.32 Å². The van der Waals surface area contributed by atoms with Crippen molar-refractivity contribution in [3.63, 3.8) is 0 Å². The Bertz CT molecular complexity index is 962. The number of likely N-dealkylation sites (tertiary alicyclic amines) is 1. The fraction of sp³-hybridized carbons (Fsp3) is 0.300. The molecule has 1 fully saturated rings. The third-order valence-corrected chi connectivity index (χ3v) is 4.90. The van der Waals surface area contributed by atoms with Crippen LogP contribution >= 0.6 is 0 Å². The lowest BCUT2D eigenvalue weighted by molar-refractivity contribution is -0.121. The summed E-state index contributed by atoms with van der Waals surface area (Å²) in [5.74, 6) is 1.34. The minimum atomic E-state index is -0.261. The van der Waals surface area contributed by atoms with Crippen LogP contribution in [0, 0.1) is 12.8 Å². The second-order valence-electron chi connectivity index (χ2n) is 6.81. The van der Waals surface area contributed by atoms with Crippen LogP contribution in [0.15, 0.2) is 53.5 Å². The van der Waals surface area contributed by atoms with Crippen molar-refractivity contribution in [2.75, 3.05) is 18.4 Å². The molecule has 1 aliphatic heterocycles. The lowest BCUT2D eigenvalue weighted by Crippen LogP contribution is -2.43. The van der Waals surface area contributed by atoms with Crippen molar-refractivity contribution < 1.29 is 14.0 Å². The van der Waals surface area contributed by atoms with E-state index in [1.54, 1.807) is 29.4 Å². The molecule has 4 rings (SSSR count). The van der Waals surface area contributed by atoms with E-state index in [0.717, 1.165) is 24.5 Å². The molecule has 1 N–H and O–H groups in total. The molecule has 0 aromatic carbocycles. The van der Waals surface area contributed by atoms with Gasteiger partial charge >= 0.3 is 0 Å². The van der Waals surface area contributed by atoms with Crippen molar-refractivity contribution >= 4 is 17.5 Å². The zero-order valence-electron chi connectivity index (χ0n) is 15.5. The summed E-state index contributed by atoms with van der Waals surface area (Å²) >= 11 is 0. The lowest BCUT2D eigenvalue weighted by Gasteiger charge is -2.31. The van der Waals surface area contributed by atoms with Gasteiger partial charge in [0, 0.05) is 25.5 Å². The first kappa shape index (κ1) is 18.0. The number of imidazole rings is 1. The Morgan fingerprint density at radius 2 is 2.14 bits per heavy atom. The Hall–Kier alpha value is -3.42. The van der Waals surface area contributed by atoms with Crippen molar-refractivity contribution in [3.05, 3.63) is 60.7 Å². The van der Waals surface area contributed by atoms with Gasteiger partial charge in [-0.3, -0.25) is 14.2 Å². The van der Waals surface area contributed by atoms with Crippen molar-refractivity contribution in [1.29, 1.82) is 0 Å². The first-order valence-corrected chi connectivity index (χ1v) is 9.22. The molecule has 0 saturated carbocycles. The Kier molecular flexibility index (Phi) is 4.92. The van der Waals surface area contributed by atoms with Gasteiger partial charge in [0.25, 0.3) is 5.91 Å². The minimum Gasteiger partial charge on any atom is -0.459 e. The summed E-state index contributed by atoms with van der Waals surface area (Å²) in [6.45, 7) is 2.91. The maximum atomic E-state index is 12.7. The normalized spacial score (nSPS) is 16.8. The number of aromatic nitrogens is 3. The van der Waals surface area contributed by atoms with Gasteiger partial charge in [0.1, 0.15) is 11.6 Å². The van der Waals surface area contributed by atoms with Crippen LogP contribution in [0.5, 0.6) is 0 Å². The van der Waals surface area contributed by atoms with E-state index in [1.165, 1.54) is 6.26 Å². The van der Waals surface area contributed by atoms with Gasteiger partial charge in [-0.05, 0) is 44.0 Å². The third-order valence-electron chi connectivity index (χ3n) is 4.90. The second-order valence-corrected chi connectivity index (χ2v) is 6.81. The third kappa shape index (κ3) is 3.66. The lowest BCUT2D eigenvalue weighted by atomic mass is 9.97. The van der Waals surface area contributed by atoms with E-state index in [0.29, 0.717) is 24.5 Å². The predicted octanol–water partition coefficient (Wildman–Crippen LogP) is 2.66. The van der Waals surface area contributed by atoms with Crippen LogP contribution in [0.4, 0.5) is 5.69 Å². The highest BCUT2D eigenvalue weighted by molar-refractivity contribution is 5.94. The first-order chi connectivity index (χ1) is 13.6. The van der Waals surface area contributed by atoms with Gasteiger partial charge in [0.2, 0.25) is 5.91 Å². The van der Waals surface area contributed by atoms with E-state index in [2.05, 4.69) is 15.3 Å². The minimum absolute atomic E-state index is 0.106. The summed E-state index contributed by atoms with van der Waals surface area (Å²) < 4.78 is 7.05. The van der Waals surface area contributed by atoms with Gasteiger partial charge < -0.3 is 14.6 Å². The maximum Gasteiger partial charge on any atom is 0.289 e. The van der Waals surface area contributed by atoms with Crippen LogP contribution in [0.2, 0.25) is 0 Å². The van der Waals surface area contributed by atoms with E-state index >= 15 is 0 Å². The molecule has 2 amide bonds. The molecule has 0 unspecified atom stereocenters. The molecular weight excluding hydrogens is 358 g/mol. The van der Waals surface area contributed by atoms with Gasteiger partial charge in [-0.25, -0.2) is 9.97 Å². The molecule has 28 heavy (non-hydrogen) atoms. The van der Waals surface area contributed by atoms with E-state index < -0.39 is 0 Å². The van der Waals surface area contributed by atoms with Crippen molar-refractivity contribution in [2.45, 2.75) is 19.8 Å². The van der Waals surface area contributed by atoms with Crippen molar-refractivity contribution in [1.82, 2.24) is 19.4 Å². The molecule has 0 bridgehead atoms. The number of pyridine rings is 1. The van der Waals surface area contributed by atoms with E-state index in [9.17, 15) is 9.59 Å². The molecule has 8 nitrogen and oxygen atoms in total. The van der Waals surface area contributed by atoms with Crippen molar-refractivity contribution in [2.24, 2.45) is 5.92 Å². The number of hydrogen-bond donors (Lipinski definition) is 1. The highest BCUT2D eigenvalue weighted by Gasteiger charge is 2.30. The predicted molar refractivity (Wildman–Crippen MR) is 102 cm³/mol. The standard InChI is InChI=1S/C20H21N5O3/c1-14-21-8-10-25(14)18-7-6-16(12-22-18)23-19(26)15-4-2-9-24(13-15)20(27)17-5-3-11-28-17/h3,5-8,10-12,15H,2,4,9,13H2,1H3,(H,23,26)/t15-/m1/s1. The summed E-state index contributed by atoms with van der Waals surface area (Å²) in [6, 6.07) is 6.97. The number of amides is 2. The Morgan fingerprint density at radius 1 is 1.25 bits per heavy atom. The number of hydrogen-bond acceptors (Lipinski definition) is 5. The number of aryl methyl sites for hydroxylation is 1. The molecule has 1 aliphatic rings. The molecule has 8 heteroatoms. The van der Waals surface area contributed by atoms with E-state index in [1.807, 2.05) is 29.8 Å². The summed E-state index contributed by atoms with van der Waals surface area (Å²) in [7, 11) is 0. The number of carbonyl (C=O) groups excluding carboxylic acids is 2. The summed E-state index contributed by atoms with van der Waals surface area (Å²) in [4.78, 5) is 35.4. The average molecular weight is 379 g/mol. The largest absolute Gasteiger partial charge is 0.459 e. The van der Waals surface area contributed by atoms with Gasteiger partial charge in [0.15, 0.2) is 5.76 Å². The number of nitrogens with one attached hydrogen (secondary N) is 1. The summed E-state index contributed by atoms with van der Waals surface area (Å²) in [5.41, 5.74) is 0.626. The number of rotatable bonds is 4. The number of piperidine rings is 1. The molecule has 1 atom stereocenters. The molecule has 3 aromatic heterocycles. The fourth-order valence-electron chi connectivity index (χ4n) is 3.40. The molecule has 0 spiro atoms. The number of furan rings is 1. The molecular formula is C20H21N5O3. The summed E-state index contributed by atoms with van der Waals surface area (Å²) in [6.07, 6.45) is 8.17. The molecule has 144 valence electrons. The van der Waals surface area contributed by atoms with Crippen LogP contribution in [-0.4, -0.2) is 44.3 Å². The quantitative estimate of drug-likeness (QED) is 0.752. The first-order valence-electron chi connectivity index (χ1n) is 9.22. The number of anilines is 1.